The molecule has 0 fully saturated rings. The van der Waals surface area contributed by atoms with Gasteiger partial charge < -0.3 is 10.1 Å². The summed E-state index contributed by atoms with van der Waals surface area (Å²) in [5, 5.41) is 5.82. The Labute approximate surface area is 241 Å². The number of esters is 1. The summed E-state index contributed by atoms with van der Waals surface area (Å²) < 4.78 is 6.86. The summed E-state index contributed by atoms with van der Waals surface area (Å²) in [6.07, 6.45) is 4.02. The van der Waals surface area contributed by atoms with Gasteiger partial charge in [0.1, 0.15) is 27.8 Å². The first-order valence-electron chi connectivity index (χ1n) is 13.8. The van der Waals surface area contributed by atoms with Gasteiger partial charge in [-0.15, -0.1) is 22.7 Å². The van der Waals surface area contributed by atoms with Gasteiger partial charge in [-0.1, -0.05) is 44.2 Å². The molecular formula is C30H34N4O4S2. The van der Waals surface area contributed by atoms with Crippen LogP contribution in [0.25, 0.3) is 21.3 Å². The fraction of sp³-hybridized carbons (Fsp3) is 0.400. The average Bonchev–Trinajstić information content (AvgIpc) is 3.55. The number of anilines is 1. The van der Waals surface area contributed by atoms with Gasteiger partial charge in [0.15, 0.2) is 0 Å². The molecule has 1 aliphatic carbocycles. The van der Waals surface area contributed by atoms with Crippen LogP contribution in [0.4, 0.5) is 5.00 Å². The fourth-order valence-electron chi connectivity index (χ4n) is 5.21. The first kappa shape index (κ1) is 28.2. The van der Waals surface area contributed by atoms with Crippen LogP contribution < -0.4 is 10.9 Å². The molecule has 4 aromatic rings. The molecule has 0 spiro atoms. The number of carbonyl (C=O) groups is 2. The molecular weight excluding hydrogens is 544 g/mol. The minimum atomic E-state index is -0.495. The zero-order chi connectivity index (χ0) is 28.2. The molecule has 0 atom stereocenters. The fourth-order valence-corrected chi connectivity index (χ4v) is 7.45. The number of thiophene rings is 2. The van der Waals surface area contributed by atoms with Gasteiger partial charge in [0.2, 0.25) is 5.91 Å². The van der Waals surface area contributed by atoms with Crippen LogP contribution in [-0.4, -0.2) is 46.0 Å². The predicted molar refractivity (Wildman–Crippen MR) is 161 cm³/mol. The number of aryl methyl sites for hydroxylation is 2. The molecule has 210 valence electrons. The van der Waals surface area contributed by atoms with E-state index in [0.29, 0.717) is 33.9 Å². The van der Waals surface area contributed by atoms with Crippen molar-refractivity contribution >= 4 is 49.8 Å². The van der Waals surface area contributed by atoms with Crippen molar-refractivity contribution in [3.63, 3.8) is 0 Å². The molecule has 1 amide bonds. The van der Waals surface area contributed by atoms with Crippen LogP contribution in [0.5, 0.6) is 0 Å². The molecule has 40 heavy (non-hydrogen) atoms. The normalized spacial score (nSPS) is 13.0. The highest BCUT2D eigenvalue weighted by Gasteiger charge is 2.26. The van der Waals surface area contributed by atoms with Crippen molar-refractivity contribution in [3.8, 4) is 11.1 Å². The topological polar surface area (TPSA) is 93.5 Å². The van der Waals surface area contributed by atoms with E-state index in [9.17, 15) is 14.4 Å². The van der Waals surface area contributed by atoms with Gasteiger partial charge in [-0.2, -0.15) is 0 Å². The van der Waals surface area contributed by atoms with E-state index in [1.54, 1.807) is 18.3 Å². The molecule has 0 unspecified atom stereocenters. The number of fused-ring (bicyclic) bond motifs is 3. The summed E-state index contributed by atoms with van der Waals surface area (Å²) in [6.45, 7) is 7.99. The van der Waals surface area contributed by atoms with Crippen molar-refractivity contribution in [3.05, 3.63) is 67.9 Å². The smallest absolute Gasteiger partial charge is 0.341 e. The number of ether oxygens (including phenoxy) is 1. The first-order chi connectivity index (χ1) is 19.4. The zero-order valence-electron chi connectivity index (χ0n) is 23.1. The van der Waals surface area contributed by atoms with Crippen LogP contribution in [-0.2, 0) is 35.5 Å². The van der Waals surface area contributed by atoms with Crippen molar-refractivity contribution in [1.29, 1.82) is 0 Å². The van der Waals surface area contributed by atoms with Crippen LogP contribution in [0.2, 0.25) is 0 Å². The van der Waals surface area contributed by atoms with E-state index in [4.69, 9.17) is 9.72 Å². The summed E-state index contributed by atoms with van der Waals surface area (Å²) in [4.78, 5) is 49.5. The number of nitrogens with zero attached hydrogens (tertiary/aromatic N) is 3. The maximum Gasteiger partial charge on any atom is 0.341 e. The van der Waals surface area contributed by atoms with Crippen LogP contribution in [0, 0.1) is 0 Å². The van der Waals surface area contributed by atoms with Gasteiger partial charge >= 0.3 is 5.97 Å². The molecule has 8 nitrogen and oxygen atoms in total. The van der Waals surface area contributed by atoms with Gasteiger partial charge in [0.05, 0.1) is 18.5 Å². The second kappa shape index (κ2) is 12.4. The standard InChI is InChI=1S/C30H34N4O4S2/c1-4-33(5-2)16-23-31-28-25(20-14-10-11-15-22(20)40-28)29(36)34(23)17-24(35)32-27-26(30(37)38-6-3)21(18-39-27)19-12-8-7-9-13-19/h7-9,12-13,18H,4-6,10-11,14-17H2,1-3H3,(H,32,35). The highest BCUT2D eigenvalue weighted by molar-refractivity contribution is 7.18. The van der Waals surface area contributed by atoms with Gasteiger partial charge in [-0.05, 0) is 56.8 Å². The van der Waals surface area contributed by atoms with E-state index in [-0.39, 0.29) is 24.6 Å². The number of hydrogen-bond acceptors (Lipinski definition) is 8. The summed E-state index contributed by atoms with van der Waals surface area (Å²) in [7, 11) is 0. The molecule has 1 N–H and O–H groups in total. The summed E-state index contributed by atoms with van der Waals surface area (Å²) in [6, 6.07) is 9.54. The molecule has 1 aliphatic rings. The predicted octanol–water partition coefficient (Wildman–Crippen LogP) is 5.72. The Morgan fingerprint density at radius 3 is 2.58 bits per heavy atom. The number of benzene rings is 1. The van der Waals surface area contributed by atoms with Gasteiger partial charge in [-0.3, -0.25) is 19.1 Å². The molecule has 10 heteroatoms. The molecule has 0 saturated carbocycles. The number of nitrogens with one attached hydrogen (secondary N) is 1. The SMILES string of the molecule is CCOC(=O)c1c(-c2ccccc2)csc1NC(=O)Cn1c(CN(CC)CC)nc2sc3c(c2c1=O)CCCC3. The molecule has 5 rings (SSSR count). The second-order valence-corrected chi connectivity index (χ2v) is 11.7. The summed E-state index contributed by atoms with van der Waals surface area (Å²) in [5.74, 6) is -0.304. The van der Waals surface area contributed by atoms with E-state index in [1.165, 1.54) is 20.8 Å². The maximum atomic E-state index is 13.9. The van der Waals surface area contributed by atoms with Crippen LogP contribution in [0.15, 0.2) is 40.5 Å². The molecule has 0 saturated heterocycles. The number of hydrogen-bond donors (Lipinski definition) is 1. The van der Waals surface area contributed by atoms with Crippen molar-refractivity contribution in [2.45, 2.75) is 59.5 Å². The Bertz CT molecular complexity index is 1580. The second-order valence-electron chi connectivity index (χ2n) is 9.76. The Kier molecular flexibility index (Phi) is 8.78. The van der Waals surface area contributed by atoms with Crippen molar-refractivity contribution < 1.29 is 14.3 Å². The maximum absolute atomic E-state index is 13.9. The number of aromatic nitrogens is 2. The lowest BCUT2D eigenvalue weighted by atomic mass is 9.97. The van der Waals surface area contributed by atoms with E-state index in [1.807, 2.05) is 35.7 Å². The minimum Gasteiger partial charge on any atom is -0.462 e. The monoisotopic (exact) mass is 578 g/mol. The van der Waals surface area contributed by atoms with Crippen LogP contribution >= 0.6 is 22.7 Å². The van der Waals surface area contributed by atoms with E-state index < -0.39 is 5.97 Å². The van der Waals surface area contributed by atoms with Gasteiger partial charge in [0, 0.05) is 15.8 Å². The third-order valence-corrected chi connectivity index (χ3v) is 9.40. The number of amides is 1. The molecule has 0 bridgehead atoms. The summed E-state index contributed by atoms with van der Waals surface area (Å²) >= 11 is 2.89. The third-order valence-electron chi connectivity index (χ3n) is 7.32. The van der Waals surface area contributed by atoms with Gasteiger partial charge in [0.25, 0.3) is 5.56 Å². The Balaban J connectivity index is 1.51. The van der Waals surface area contributed by atoms with E-state index in [0.717, 1.165) is 54.7 Å². The van der Waals surface area contributed by atoms with E-state index >= 15 is 0 Å². The zero-order valence-corrected chi connectivity index (χ0v) is 24.8. The minimum absolute atomic E-state index is 0.163. The molecule has 0 radical (unpaired) electrons. The van der Waals surface area contributed by atoms with E-state index in [2.05, 4.69) is 24.1 Å². The van der Waals surface area contributed by atoms with Crippen LogP contribution in [0.1, 0.15) is 60.2 Å². The van der Waals surface area contributed by atoms with Crippen molar-refractivity contribution in [2.24, 2.45) is 0 Å². The Morgan fingerprint density at radius 1 is 1.10 bits per heavy atom. The number of carbonyl (C=O) groups excluding carboxylic acids is 2. The molecule has 3 aromatic heterocycles. The molecule has 3 heterocycles. The Hall–Kier alpha value is -3.34. The summed E-state index contributed by atoms with van der Waals surface area (Å²) in [5.41, 5.74) is 2.82. The lowest BCUT2D eigenvalue weighted by molar-refractivity contribution is -0.116. The lowest BCUT2D eigenvalue weighted by Gasteiger charge is -2.20. The molecule has 0 aliphatic heterocycles. The average molecular weight is 579 g/mol. The van der Waals surface area contributed by atoms with Crippen molar-refractivity contribution in [2.75, 3.05) is 25.0 Å². The third kappa shape index (κ3) is 5.61. The molecule has 1 aromatic carbocycles. The first-order valence-corrected chi connectivity index (χ1v) is 15.5. The lowest BCUT2D eigenvalue weighted by Crippen LogP contribution is -2.34. The van der Waals surface area contributed by atoms with Gasteiger partial charge in [-0.25, -0.2) is 9.78 Å². The van der Waals surface area contributed by atoms with Crippen molar-refractivity contribution in [1.82, 2.24) is 14.5 Å². The Morgan fingerprint density at radius 2 is 1.85 bits per heavy atom. The largest absolute Gasteiger partial charge is 0.462 e. The highest BCUT2D eigenvalue weighted by Crippen LogP contribution is 2.37. The van der Waals surface area contributed by atoms with Crippen LogP contribution in [0.3, 0.4) is 0 Å². The quantitative estimate of drug-likeness (QED) is 0.242. The highest BCUT2D eigenvalue weighted by atomic mass is 32.1. The number of rotatable bonds is 10.